The van der Waals surface area contributed by atoms with E-state index in [-0.39, 0.29) is 11.5 Å². The number of rotatable bonds is 8. The minimum absolute atomic E-state index is 0.184. The van der Waals surface area contributed by atoms with Crippen LogP contribution in [0, 0.1) is 0 Å². The number of hydrogen-bond acceptors (Lipinski definition) is 6. The van der Waals surface area contributed by atoms with E-state index in [4.69, 9.17) is 18.9 Å². The van der Waals surface area contributed by atoms with Gasteiger partial charge in [-0.15, -0.1) is 0 Å². The fourth-order valence-electron chi connectivity index (χ4n) is 2.91. The summed E-state index contributed by atoms with van der Waals surface area (Å²) in [5.41, 5.74) is 1.39. The number of carbonyl (C=O) groups excluding carboxylic acids is 2. The molecule has 0 spiro atoms. The van der Waals surface area contributed by atoms with Crippen LogP contribution in [0.2, 0.25) is 0 Å². The number of unbranched alkanes of at least 4 members (excludes halogenated alkanes) is 1. The average molecular weight is 396 g/mol. The number of ether oxygens (including phenoxy) is 4. The predicted molar refractivity (Wildman–Crippen MR) is 109 cm³/mol. The van der Waals surface area contributed by atoms with E-state index in [1.807, 2.05) is 25.1 Å². The van der Waals surface area contributed by atoms with Gasteiger partial charge in [0.2, 0.25) is 5.78 Å². The summed E-state index contributed by atoms with van der Waals surface area (Å²) in [6, 6.07) is 10.1. The van der Waals surface area contributed by atoms with Gasteiger partial charge in [-0.05, 0) is 55.3 Å². The number of Topliss-reactive ketones (excluding diaryl/α,β-unsaturated/α-hetero) is 1. The van der Waals surface area contributed by atoms with E-state index in [2.05, 4.69) is 6.92 Å². The molecular formula is C23H24O6. The molecule has 0 aromatic heterocycles. The van der Waals surface area contributed by atoms with Crippen molar-refractivity contribution < 1.29 is 28.5 Å². The number of benzene rings is 2. The molecule has 0 amide bonds. The minimum Gasteiger partial charge on any atom is -0.490 e. The highest BCUT2D eigenvalue weighted by Gasteiger charge is 2.28. The maximum Gasteiger partial charge on any atom is 0.337 e. The second-order valence-electron chi connectivity index (χ2n) is 6.48. The average Bonchev–Trinajstić information content (AvgIpc) is 3.04. The molecule has 6 heteroatoms. The van der Waals surface area contributed by atoms with Gasteiger partial charge in [0.1, 0.15) is 5.75 Å². The van der Waals surface area contributed by atoms with Crippen molar-refractivity contribution in [2.24, 2.45) is 0 Å². The normalized spacial score (nSPS) is 13.8. The SMILES string of the molecule is CCCCOc1ccc(/C=C2\Oc3ccc(C(=O)OC)cc3C2=O)cc1OCC. The Morgan fingerprint density at radius 2 is 1.90 bits per heavy atom. The lowest BCUT2D eigenvalue weighted by atomic mass is 10.1. The van der Waals surface area contributed by atoms with Crippen LogP contribution in [0.3, 0.4) is 0 Å². The number of esters is 1. The third kappa shape index (κ3) is 4.59. The maximum atomic E-state index is 12.7. The molecule has 1 heterocycles. The van der Waals surface area contributed by atoms with Crippen LogP contribution in [0.25, 0.3) is 6.08 Å². The van der Waals surface area contributed by atoms with E-state index >= 15 is 0 Å². The summed E-state index contributed by atoms with van der Waals surface area (Å²) >= 11 is 0. The zero-order chi connectivity index (χ0) is 20.8. The van der Waals surface area contributed by atoms with Gasteiger partial charge in [0, 0.05) is 0 Å². The molecule has 2 aromatic rings. The second-order valence-corrected chi connectivity index (χ2v) is 6.48. The van der Waals surface area contributed by atoms with Gasteiger partial charge >= 0.3 is 5.97 Å². The van der Waals surface area contributed by atoms with Crippen molar-refractivity contribution in [3.63, 3.8) is 0 Å². The minimum atomic E-state index is -0.502. The van der Waals surface area contributed by atoms with Crippen LogP contribution in [0.15, 0.2) is 42.2 Å². The Balaban J connectivity index is 1.85. The van der Waals surface area contributed by atoms with Crippen LogP contribution >= 0.6 is 0 Å². The predicted octanol–water partition coefficient (Wildman–Crippen LogP) is 4.67. The topological polar surface area (TPSA) is 71.1 Å². The van der Waals surface area contributed by atoms with Crippen LogP contribution in [0.4, 0.5) is 0 Å². The molecule has 0 saturated carbocycles. The van der Waals surface area contributed by atoms with E-state index in [1.165, 1.54) is 13.2 Å². The first-order valence-corrected chi connectivity index (χ1v) is 9.63. The molecule has 2 aromatic carbocycles. The summed E-state index contributed by atoms with van der Waals surface area (Å²) in [7, 11) is 1.30. The van der Waals surface area contributed by atoms with E-state index in [0.29, 0.717) is 41.6 Å². The van der Waals surface area contributed by atoms with Crippen molar-refractivity contribution in [1.29, 1.82) is 0 Å². The van der Waals surface area contributed by atoms with Crippen LogP contribution in [0.1, 0.15) is 53.0 Å². The summed E-state index contributed by atoms with van der Waals surface area (Å²) in [4.78, 5) is 24.4. The number of ketones is 1. The van der Waals surface area contributed by atoms with Crippen molar-refractivity contribution in [2.45, 2.75) is 26.7 Å². The van der Waals surface area contributed by atoms with E-state index in [1.54, 1.807) is 18.2 Å². The maximum absolute atomic E-state index is 12.7. The second kappa shape index (κ2) is 9.28. The number of carbonyl (C=O) groups is 2. The number of allylic oxidation sites excluding steroid dienone is 1. The largest absolute Gasteiger partial charge is 0.490 e. The highest BCUT2D eigenvalue weighted by atomic mass is 16.5. The Kier molecular flexibility index (Phi) is 6.54. The van der Waals surface area contributed by atoms with Crippen LogP contribution in [-0.2, 0) is 4.74 Å². The van der Waals surface area contributed by atoms with Gasteiger partial charge < -0.3 is 18.9 Å². The molecule has 0 bridgehead atoms. The Bertz CT molecular complexity index is 944. The molecule has 0 N–H and O–H groups in total. The van der Waals surface area contributed by atoms with E-state index in [9.17, 15) is 9.59 Å². The Hall–Kier alpha value is -3.28. The molecule has 0 aliphatic carbocycles. The van der Waals surface area contributed by atoms with Crippen molar-refractivity contribution in [1.82, 2.24) is 0 Å². The van der Waals surface area contributed by atoms with Crippen molar-refractivity contribution in [3.05, 3.63) is 58.8 Å². The standard InChI is InChI=1S/C23H24O6/c1-4-6-11-28-19-9-7-15(12-20(19)27-5-2)13-21-22(24)17-14-16(23(25)26-3)8-10-18(17)29-21/h7-10,12-14H,4-6,11H2,1-3H3/b21-13-. The summed E-state index contributed by atoms with van der Waals surface area (Å²) in [6.07, 6.45) is 3.66. The van der Waals surface area contributed by atoms with Gasteiger partial charge in [0.05, 0.1) is 31.5 Å². The van der Waals surface area contributed by atoms with Gasteiger partial charge in [-0.25, -0.2) is 4.79 Å². The number of methoxy groups -OCH3 is 1. The lowest BCUT2D eigenvalue weighted by Gasteiger charge is -2.12. The van der Waals surface area contributed by atoms with Crippen molar-refractivity contribution in [3.8, 4) is 17.2 Å². The summed E-state index contributed by atoms with van der Waals surface area (Å²) in [5, 5.41) is 0. The first-order valence-electron chi connectivity index (χ1n) is 9.63. The Morgan fingerprint density at radius 3 is 2.62 bits per heavy atom. The molecule has 29 heavy (non-hydrogen) atoms. The lowest BCUT2D eigenvalue weighted by Crippen LogP contribution is -2.03. The zero-order valence-corrected chi connectivity index (χ0v) is 16.8. The highest BCUT2D eigenvalue weighted by Crippen LogP contribution is 2.34. The van der Waals surface area contributed by atoms with E-state index in [0.717, 1.165) is 18.4 Å². The molecule has 1 aliphatic heterocycles. The first-order chi connectivity index (χ1) is 14.1. The molecule has 152 valence electrons. The monoisotopic (exact) mass is 396 g/mol. The van der Waals surface area contributed by atoms with Gasteiger partial charge in [-0.2, -0.15) is 0 Å². The zero-order valence-electron chi connectivity index (χ0n) is 16.8. The van der Waals surface area contributed by atoms with Gasteiger partial charge in [0.15, 0.2) is 17.3 Å². The fourth-order valence-corrected chi connectivity index (χ4v) is 2.91. The summed E-state index contributed by atoms with van der Waals surface area (Å²) in [5.74, 6) is 1.11. The number of hydrogen-bond donors (Lipinski definition) is 0. The third-order valence-electron chi connectivity index (χ3n) is 4.41. The van der Waals surface area contributed by atoms with Crippen LogP contribution < -0.4 is 14.2 Å². The molecule has 3 rings (SSSR count). The van der Waals surface area contributed by atoms with Gasteiger partial charge in [-0.1, -0.05) is 19.4 Å². The molecule has 1 aliphatic rings. The van der Waals surface area contributed by atoms with Crippen LogP contribution in [0.5, 0.6) is 17.2 Å². The molecule has 0 atom stereocenters. The molecule has 6 nitrogen and oxygen atoms in total. The molecular weight excluding hydrogens is 372 g/mol. The number of fused-ring (bicyclic) bond motifs is 1. The fraction of sp³-hybridized carbons (Fsp3) is 0.304. The quantitative estimate of drug-likeness (QED) is 0.367. The smallest absolute Gasteiger partial charge is 0.337 e. The lowest BCUT2D eigenvalue weighted by molar-refractivity contribution is 0.0600. The van der Waals surface area contributed by atoms with Crippen molar-refractivity contribution >= 4 is 17.8 Å². The summed E-state index contributed by atoms with van der Waals surface area (Å²) in [6.45, 7) is 5.13. The van der Waals surface area contributed by atoms with E-state index < -0.39 is 5.97 Å². The molecule has 0 fully saturated rings. The third-order valence-corrected chi connectivity index (χ3v) is 4.41. The van der Waals surface area contributed by atoms with Crippen molar-refractivity contribution in [2.75, 3.05) is 20.3 Å². The first kappa shape index (κ1) is 20.5. The molecule has 0 saturated heterocycles. The van der Waals surface area contributed by atoms with Crippen LogP contribution in [-0.4, -0.2) is 32.1 Å². The van der Waals surface area contributed by atoms with Gasteiger partial charge in [-0.3, -0.25) is 4.79 Å². The Labute approximate surface area is 170 Å². The Morgan fingerprint density at radius 1 is 1.07 bits per heavy atom. The molecule has 0 unspecified atom stereocenters. The van der Waals surface area contributed by atoms with Gasteiger partial charge in [0.25, 0.3) is 0 Å². The highest BCUT2D eigenvalue weighted by molar-refractivity contribution is 6.15. The summed E-state index contributed by atoms with van der Waals surface area (Å²) < 4.78 is 21.9. The molecule has 0 radical (unpaired) electrons.